The number of benzene rings is 4. The van der Waals surface area contributed by atoms with E-state index in [1.807, 2.05) is 43.5 Å². The standard InChI is InChI=1S/C71H78N4O11/c1-39(77)58-29-42-14-13-41-15-16-44(78)31-51(41)61-36-59-60(21-24-72-59)75(61)69(42)71(74-58)23-22-70(38-71)37-43-28-55-52-34-63(82)64(84-2)35-53(52)54(67(43)50-19-17-45(79)33-56(50)70)32-46(80)30-47(18-11-40-12-20-62(81)65(27-40)85-26-25-76)86-66(83)10-6-4-8-49-48-7-3-5-9-57(48)73-68(49)55/h3,5,7,9,12,15-16,20-21,24,27-28,31,34-36,39,42-43,45,47,50,54,56,58,67,69,72-74,76-79,81-82H,8,10-11,13-14,17-19,22-23,25-26,29-30,32-33,37-38H2,1-2H3/t39-,42-,43-,45+,47+,50+,54+,56+,58-,67+,69-,70+,71+/m0/s1. The first-order valence-corrected chi connectivity index (χ1v) is 31.3. The minimum atomic E-state index is -0.801. The number of rotatable bonds is 8. The SMILES string of the molecule is COc1cc2c(cc1O)C1=C[C@H]3C[C@@]4(CC[C@]5(C4)N[C@H]([C@H](C)O)C[C@@H]4CCc6ccc(O)cc6-c6cc7[nH]ccc7n6[C@@H]45)[C@@H]4C[C@H](O)CC[C@H]4[C@@H]3[C@@H]2CC(=O)C[C@@H](CCc2ccc(O)c(OCCO)c2)OC(=O)CC#CCc2c1[nH]c1ccccc21. The van der Waals surface area contributed by atoms with Crippen molar-refractivity contribution in [3.8, 4) is 51.8 Å². The van der Waals surface area contributed by atoms with Gasteiger partial charge in [0.1, 0.15) is 30.7 Å². The number of phenols is 3. The van der Waals surface area contributed by atoms with E-state index in [0.29, 0.717) is 37.9 Å². The largest absolute Gasteiger partial charge is 0.508 e. The molecule has 9 N–H and O–H groups in total. The van der Waals surface area contributed by atoms with Crippen LogP contribution in [0.25, 0.3) is 38.8 Å². The van der Waals surface area contributed by atoms with Crippen LogP contribution in [0.2, 0.25) is 0 Å². The van der Waals surface area contributed by atoms with E-state index >= 15 is 4.79 Å². The maximum Gasteiger partial charge on any atom is 0.318 e. The predicted molar refractivity (Wildman–Crippen MR) is 327 cm³/mol. The van der Waals surface area contributed by atoms with Gasteiger partial charge in [0.2, 0.25) is 0 Å². The predicted octanol–water partition coefficient (Wildman–Crippen LogP) is 10.9. The van der Waals surface area contributed by atoms with E-state index in [9.17, 15) is 35.4 Å². The fourth-order valence-corrected chi connectivity index (χ4v) is 18.2. The highest BCUT2D eigenvalue weighted by molar-refractivity contribution is 5.95. The van der Waals surface area contributed by atoms with Gasteiger partial charge >= 0.3 is 5.97 Å². The third-order valence-corrected chi connectivity index (χ3v) is 21.6. The number of fused-ring (bicyclic) bond motifs is 17. The number of allylic oxidation sites excluding steroid dienone is 1. The number of hydrogen-bond acceptors (Lipinski definition) is 12. The van der Waals surface area contributed by atoms with Crippen LogP contribution in [0.1, 0.15) is 136 Å². The van der Waals surface area contributed by atoms with Gasteiger partial charge in [-0.2, -0.15) is 0 Å². The van der Waals surface area contributed by atoms with Crippen molar-refractivity contribution >= 4 is 39.3 Å². The van der Waals surface area contributed by atoms with Crippen molar-refractivity contribution < 1.29 is 54.4 Å². The van der Waals surface area contributed by atoms with E-state index in [-0.39, 0.29) is 114 Å². The molecule has 0 unspecified atom stereocenters. The van der Waals surface area contributed by atoms with Gasteiger partial charge in [-0.3, -0.25) is 9.59 Å². The summed E-state index contributed by atoms with van der Waals surface area (Å²) in [7, 11) is 1.56. The smallest absolute Gasteiger partial charge is 0.318 e. The van der Waals surface area contributed by atoms with E-state index < -0.39 is 29.8 Å². The molecular formula is C71H78N4O11. The normalized spacial score (nSPS) is 30.0. The summed E-state index contributed by atoms with van der Waals surface area (Å²) in [6.07, 6.45) is 11.4. The van der Waals surface area contributed by atoms with Gasteiger partial charge in [-0.25, -0.2) is 0 Å². The molecule has 15 heteroatoms. The second-order valence-corrected chi connectivity index (χ2v) is 26.4. The Hall–Kier alpha value is -7.48. The zero-order valence-corrected chi connectivity index (χ0v) is 49.0. The number of nitrogens with zero attached hydrogens (tertiary/aromatic N) is 1. The summed E-state index contributed by atoms with van der Waals surface area (Å²) < 4.78 is 20.4. The van der Waals surface area contributed by atoms with Gasteiger partial charge in [-0.05, 0) is 207 Å². The summed E-state index contributed by atoms with van der Waals surface area (Å²) in [5, 5.41) is 72.3. The third-order valence-electron chi connectivity index (χ3n) is 21.6. The fraction of sp³-hybridized carbons (Fsp3) is 0.465. The number of aromatic nitrogens is 3. The molecule has 448 valence electrons. The summed E-state index contributed by atoms with van der Waals surface area (Å²) >= 11 is 0. The molecule has 4 aliphatic carbocycles. The van der Waals surface area contributed by atoms with Crippen LogP contribution in [0.4, 0.5) is 0 Å². The van der Waals surface area contributed by atoms with Crippen molar-refractivity contribution in [1.29, 1.82) is 0 Å². The van der Waals surface area contributed by atoms with Crippen LogP contribution in [-0.4, -0.2) is 107 Å². The number of ether oxygens (including phenoxy) is 3. The minimum absolute atomic E-state index is 0.00529. The molecule has 7 aromatic rings. The minimum Gasteiger partial charge on any atom is -0.508 e. The van der Waals surface area contributed by atoms with Gasteiger partial charge in [-0.15, -0.1) is 0 Å². The van der Waals surface area contributed by atoms with Gasteiger partial charge in [0.05, 0.1) is 54.4 Å². The highest BCUT2D eigenvalue weighted by atomic mass is 16.5. The van der Waals surface area contributed by atoms with Gasteiger partial charge in [0, 0.05) is 59.1 Å². The van der Waals surface area contributed by atoms with Crippen LogP contribution in [0, 0.1) is 46.8 Å². The van der Waals surface area contributed by atoms with Crippen LogP contribution in [0.5, 0.6) is 28.7 Å². The molecule has 4 fully saturated rings. The molecular weight excluding hydrogens is 1080 g/mol. The van der Waals surface area contributed by atoms with Crippen LogP contribution in [0.3, 0.4) is 0 Å². The number of carbonyl (C=O) groups is 2. The van der Waals surface area contributed by atoms with Gasteiger partial charge in [-0.1, -0.05) is 48.2 Å². The molecule has 2 bridgehead atoms. The zero-order valence-electron chi connectivity index (χ0n) is 49.0. The molecule has 15 nitrogen and oxygen atoms in total. The number of phenolic OH excluding ortho intramolecular Hbond substituents is 3. The van der Waals surface area contributed by atoms with E-state index in [1.165, 1.54) is 11.6 Å². The molecule has 3 aliphatic heterocycles. The molecule has 6 heterocycles. The average Bonchev–Trinajstić information content (AvgIpc) is 1.75. The number of H-pyrrole nitrogens is 2. The number of carbonyl (C=O) groups excluding carboxylic acids is 2. The number of nitrogens with one attached hydrogen (secondary N) is 3. The molecule has 3 saturated carbocycles. The molecule has 7 aliphatic rings. The lowest BCUT2D eigenvalue weighted by atomic mass is 9.47. The number of ketones is 1. The Morgan fingerprint density at radius 3 is 2.59 bits per heavy atom. The van der Waals surface area contributed by atoms with E-state index in [4.69, 9.17) is 14.2 Å². The quantitative estimate of drug-likeness (QED) is 0.0511. The Kier molecular flexibility index (Phi) is 14.6. The average molecular weight is 1160 g/mol. The summed E-state index contributed by atoms with van der Waals surface area (Å²) in [6.45, 7) is 1.71. The number of hydrogen-bond donors (Lipinski definition) is 9. The maximum absolute atomic E-state index is 15.5. The molecule has 14 rings (SSSR count). The van der Waals surface area contributed by atoms with Crippen LogP contribution < -0.4 is 14.8 Å². The Labute approximate surface area is 500 Å². The maximum atomic E-state index is 15.5. The lowest BCUT2D eigenvalue weighted by Gasteiger charge is -2.59. The van der Waals surface area contributed by atoms with Crippen LogP contribution >= 0.6 is 0 Å². The second-order valence-electron chi connectivity index (χ2n) is 26.4. The van der Waals surface area contributed by atoms with Crippen molar-refractivity contribution in [2.45, 2.75) is 152 Å². The number of aromatic hydroxyl groups is 3. The Balaban J connectivity index is 0.924. The van der Waals surface area contributed by atoms with Crippen molar-refractivity contribution in [3.05, 3.63) is 131 Å². The number of piperidine rings is 1. The third kappa shape index (κ3) is 9.85. The first-order valence-electron chi connectivity index (χ1n) is 31.3. The molecule has 3 aromatic heterocycles. The van der Waals surface area contributed by atoms with Crippen molar-refractivity contribution in [3.63, 3.8) is 0 Å². The van der Waals surface area contributed by atoms with Crippen LogP contribution in [0.15, 0.2) is 97.2 Å². The Morgan fingerprint density at radius 1 is 0.884 bits per heavy atom. The number of aryl methyl sites for hydroxylation is 2. The number of Topliss-reactive ketones (excluding diaryl/α,β-unsaturated/α-hetero) is 1. The molecule has 13 atom stereocenters. The molecule has 86 heavy (non-hydrogen) atoms. The number of cyclic esters (lactones) is 1. The number of para-hydroxylation sites is 1. The lowest BCUT2D eigenvalue weighted by molar-refractivity contribution is -0.149. The number of methoxy groups -OCH3 is 1. The topological polar surface area (TPSA) is 232 Å². The zero-order chi connectivity index (χ0) is 59.2. The second kappa shape index (κ2) is 22.3. The fourth-order valence-electron chi connectivity index (χ4n) is 18.2. The van der Waals surface area contributed by atoms with Crippen molar-refractivity contribution in [1.82, 2.24) is 19.9 Å². The molecule has 2 spiro atoms. The van der Waals surface area contributed by atoms with Gasteiger partial charge in [0.25, 0.3) is 0 Å². The monoisotopic (exact) mass is 1160 g/mol. The highest BCUT2D eigenvalue weighted by Gasteiger charge is 2.65. The lowest BCUT2D eigenvalue weighted by Crippen LogP contribution is -2.64. The van der Waals surface area contributed by atoms with Gasteiger partial charge < -0.3 is 64.7 Å². The number of esters is 1. The summed E-state index contributed by atoms with van der Waals surface area (Å²) in [5.41, 5.74) is 10.9. The number of aliphatic hydroxyl groups is 3. The first kappa shape index (κ1) is 56.3. The van der Waals surface area contributed by atoms with E-state index in [0.717, 1.165) is 118 Å². The number of aliphatic hydroxyl groups excluding tert-OH is 3. The molecule has 1 saturated heterocycles. The molecule has 0 amide bonds. The van der Waals surface area contributed by atoms with Crippen molar-refractivity contribution in [2.75, 3.05) is 20.3 Å². The van der Waals surface area contributed by atoms with Crippen LogP contribution in [-0.2, 0) is 33.6 Å². The summed E-state index contributed by atoms with van der Waals surface area (Å²) in [5.74, 6) is 6.33. The Bertz CT molecular complexity index is 3880. The molecule has 0 radical (unpaired) electrons. The van der Waals surface area contributed by atoms with E-state index in [1.54, 1.807) is 25.3 Å². The van der Waals surface area contributed by atoms with E-state index in [2.05, 4.69) is 68.1 Å². The first-order chi connectivity index (χ1) is 41.7. The van der Waals surface area contributed by atoms with Crippen molar-refractivity contribution in [2.24, 2.45) is 35.0 Å². The highest BCUT2D eigenvalue weighted by Crippen LogP contribution is 2.69. The van der Waals surface area contributed by atoms with Gasteiger partial charge in [0.15, 0.2) is 23.0 Å². The summed E-state index contributed by atoms with van der Waals surface area (Å²) in [6, 6.07) is 27.1. The molecule has 4 aromatic carbocycles. The Morgan fingerprint density at radius 2 is 1.74 bits per heavy atom. The number of aromatic amines is 2. The summed E-state index contributed by atoms with van der Waals surface area (Å²) in [4.78, 5) is 36.8.